The van der Waals surface area contributed by atoms with Crippen LogP contribution in [0.5, 0.6) is 0 Å². The number of carbonyl (C=O) groups excluding carboxylic acids is 2. The number of nitrogens with zero attached hydrogens (tertiary/aromatic N) is 1. The second kappa shape index (κ2) is 4.82. The number of likely N-dealkylation sites (tertiary alicyclic amines) is 1. The number of piperidine rings is 1. The van der Waals surface area contributed by atoms with Gasteiger partial charge in [0.15, 0.2) is 5.78 Å². The summed E-state index contributed by atoms with van der Waals surface area (Å²) in [5.74, 6) is 0.0438. The highest BCUT2D eigenvalue weighted by Gasteiger charge is 2.31. The van der Waals surface area contributed by atoms with E-state index in [9.17, 15) is 9.59 Å². The number of hydrogen-bond acceptors (Lipinski definition) is 4. The molecule has 1 saturated heterocycles. The van der Waals surface area contributed by atoms with Crippen molar-refractivity contribution >= 4 is 11.9 Å². The van der Waals surface area contributed by atoms with Crippen molar-refractivity contribution in [2.45, 2.75) is 38.9 Å². The van der Waals surface area contributed by atoms with Crippen LogP contribution in [0.25, 0.3) is 0 Å². The third kappa shape index (κ3) is 3.48. The topological polar surface area (TPSA) is 55.8 Å². The summed E-state index contributed by atoms with van der Waals surface area (Å²) >= 11 is 0. The summed E-state index contributed by atoms with van der Waals surface area (Å²) in [5.41, 5.74) is -0.513. The van der Waals surface area contributed by atoms with E-state index in [0.717, 1.165) is 0 Å². The molecule has 0 bridgehead atoms. The highest BCUT2D eigenvalue weighted by molar-refractivity contribution is 5.85. The van der Waals surface area contributed by atoms with Gasteiger partial charge in [0.05, 0.1) is 6.54 Å². The van der Waals surface area contributed by atoms with Crippen molar-refractivity contribution in [2.24, 2.45) is 0 Å². The van der Waals surface area contributed by atoms with Crippen LogP contribution in [0.2, 0.25) is 0 Å². The maximum Gasteiger partial charge on any atom is 0.410 e. The van der Waals surface area contributed by atoms with Crippen LogP contribution in [0.1, 0.15) is 27.2 Å². The number of rotatable bonds is 1. The fourth-order valence-electron chi connectivity index (χ4n) is 1.50. The van der Waals surface area contributed by atoms with Gasteiger partial charge >= 0.3 is 6.09 Å². The molecule has 1 fully saturated rings. The lowest BCUT2D eigenvalue weighted by molar-refractivity contribution is -0.133. The average Bonchev–Trinajstić information content (AvgIpc) is 2.15. The first-order chi connectivity index (χ1) is 7.33. The van der Waals surface area contributed by atoms with E-state index in [-0.39, 0.29) is 18.4 Å². The number of hydrogen-bond donors (Lipinski definition) is 0. The third-order valence-electron chi connectivity index (χ3n) is 2.31. The van der Waals surface area contributed by atoms with Gasteiger partial charge in [-0.25, -0.2) is 4.79 Å². The van der Waals surface area contributed by atoms with Crippen LogP contribution in [-0.4, -0.2) is 48.7 Å². The summed E-state index contributed by atoms with van der Waals surface area (Å²) < 4.78 is 10.2. The van der Waals surface area contributed by atoms with Gasteiger partial charge in [-0.2, -0.15) is 0 Å². The predicted octanol–water partition coefficient (Wildman–Crippen LogP) is 1.21. The summed E-state index contributed by atoms with van der Waals surface area (Å²) in [6.07, 6.45) is -0.569. The standard InChI is InChI=1S/C11H19NO4/c1-11(2,3)16-10(14)12-6-5-8(13)9(7-12)15-4/h9H,5-7H2,1-4H3/t9-/m0/s1. The molecule has 0 aromatic rings. The van der Waals surface area contributed by atoms with Crippen LogP contribution in [0.3, 0.4) is 0 Å². The van der Waals surface area contributed by atoms with E-state index < -0.39 is 11.7 Å². The summed E-state index contributed by atoms with van der Waals surface area (Å²) in [7, 11) is 1.47. The molecule has 16 heavy (non-hydrogen) atoms. The molecule has 1 heterocycles. The van der Waals surface area contributed by atoms with Gasteiger partial charge in [0.25, 0.3) is 0 Å². The van der Waals surface area contributed by atoms with Crippen LogP contribution in [0, 0.1) is 0 Å². The molecule has 0 unspecified atom stereocenters. The zero-order chi connectivity index (χ0) is 12.3. The molecule has 0 aromatic carbocycles. The highest BCUT2D eigenvalue weighted by Crippen LogP contribution is 2.14. The lowest BCUT2D eigenvalue weighted by Gasteiger charge is -2.32. The Hall–Kier alpha value is -1.10. The van der Waals surface area contributed by atoms with Gasteiger partial charge in [0, 0.05) is 20.1 Å². The molecule has 1 amide bonds. The second-order valence-corrected chi connectivity index (χ2v) is 4.87. The van der Waals surface area contributed by atoms with Crippen molar-refractivity contribution in [3.63, 3.8) is 0 Å². The molecule has 1 atom stereocenters. The molecule has 0 radical (unpaired) electrons. The first-order valence-electron chi connectivity index (χ1n) is 5.37. The third-order valence-corrected chi connectivity index (χ3v) is 2.31. The Morgan fingerprint density at radius 3 is 2.56 bits per heavy atom. The normalized spacial score (nSPS) is 22.1. The minimum Gasteiger partial charge on any atom is -0.444 e. The van der Waals surface area contributed by atoms with E-state index in [1.54, 1.807) is 0 Å². The Bertz CT molecular complexity index is 282. The zero-order valence-corrected chi connectivity index (χ0v) is 10.3. The maximum atomic E-state index is 11.7. The maximum absolute atomic E-state index is 11.7. The lowest BCUT2D eigenvalue weighted by Crippen LogP contribution is -2.49. The average molecular weight is 229 g/mol. The van der Waals surface area contributed by atoms with Crippen LogP contribution < -0.4 is 0 Å². The number of ether oxygens (including phenoxy) is 2. The summed E-state index contributed by atoms with van der Waals surface area (Å²) in [6, 6.07) is 0. The number of methoxy groups -OCH3 is 1. The van der Waals surface area contributed by atoms with Crippen molar-refractivity contribution in [1.82, 2.24) is 4.90 Å². The van der Waals surface area contributed by atoms with Crippen molar-refractivity contribution in [1.29, 1.82) is 0 Å². The zero-order valence-electron chi connectivity index (χ0n) is 10.3. The van der Waals surface area contributed by atoms with Gasteiger partial charge in [-0.3, -0.25) is 4.79 Å². The minimum absolute atomic E-state index is 0.0438. The lowest BCUT2D eigenvalue weighted by atomic mass is 10.1. The smallest absolute Gasteiger partial charge is 0.410 e. The molecular weight excluding hydrogens is 210 g/mol. The van der Waals surface area contributed by atoms with E-state index >= 15 is 0 Å². The van der Waals surface area contributed by atoms with E-state index in [2.05, 4.69) is 0 Å². The fourth-order valence-corrected chi connectivity index (χ4v) is 1.50. The van der Waals surface area contributed by atoms with E-state index in [0.29, 0.717) is 13.0 Å². The van der Waals surface area contributed by atoms with Gasteiger partial charge in [-0.1, -0.05) is 0 Å². The molecular formula is C11H19NO4. The van der Waals surface area contributed by atoms with Gasteiger partial charge in [0.2, 0.25) is 0 Å². The summed E-state index contributed by atoms with van der Waals surface area (Å²) in [6.45, 7) is 6.13. The molecule has 0 aliphatic carbocycles. The molecule has 0 N–H and O–H groups in total. The Kier molecular flexibility index (Phi) is 3.91. The minimum atomic E-state index is -0.513. The van der Waals surface area contributed by atoms with Crippen molar-refractivity contribution in [3.05, 3.63) is 0 Å². The van der Waals surface area contributed by atoms with Gasteiger partial charge in [0.1, 0.15) is 11.7 Å². The van der Waals surface area contributed by atoms with Crippen molar-refractivity contribution in [3.8, 4) is 0 Å². The molecule has 0 spiro atoms. The van der Waals surface area contributed by atoms with Crippen LogP contribution in [0.4, 0.5) is 4.79 Å². The number of Topliss-reactive ketones (excluding diaryl/α,β-unsaturated/α-hetero) is 1. The number of ketones is 1. The van der Waals surface area contributed by atoms with Crippen molar-refractivity contribution in [2.75, 3.05) is 20.2 Å². The quantitative estimate of drug-likeness (QED) is 0.678. The molecule has 1 aliphatic rings. The summed E-state index contributed by atoms with van der Waals surface area (Å²) in [4.78, 5) is 24.6. The molecule has 92 valence electrons. The highest BCUT2D eigenvalue weighted by atomic mass is 16.6. The Morgan fingerprint density at radius 1 is 1.44 bits per heavy atom. The second-order valence-electron chi connectivity index (χ2n) is 4.87. The molecule has 5 heteroatoms. The number of carbonyl (C=O) groups is 2. The van der Waals surface area contributed by atoms with Gasteiger partial charge < -0.3 is 14.4 Å². The Labute approximate surface area is 95.7 Å². The predicted molar refractivity (Wildman–Crippen MR) is 58.2 cm³/mol. The Balaban J connectivity index is 2.55. The Morgan fingerprint density at radius 2 is 2.06 bits per heavy atom. The molecule has 1 rings (SSSR count). The van der Waals surface area contributed by atoms with Crippen LogP contribution in [-0.2, 0) is 14.3 Å². The van der Waals surface area contributed by atoms with Crippen LogP contribution in [0.15, 0.2) is 0 Å². The monoisotopic (exact) mass is 229 g/mol. The molecule has 1 aliphatic heterocycles. The van der Waals surface area contributed by atoms with E-state index in [4.69, 9.17) is 9.47 Å². The molecule has 5 nitrogen and oxygen atoms in total. The largest absolute Gasteiger partial charge is 0.444 e. The van der Waals surface area contributed by atoms with Gasteiger partial charge in [-0.15, -0.1) is 0 Å². The van der Waals surface area contributed by atoms with Crippen LogP contribution >= 0.6 is 0 Å². The first kappa shape index (κ1) is 13.0. The van der Waals surface area contributed by atoms with Gasteiger partial charge in [-0.05, 0) is 20.8 Å². The SMILES string of the molecule is CO[C@H]1CN(C(=O)OC(C)(C)C)CCC1=O. The number of amides is 1. The summed E-state index contributed by atoms with van der Waals surface area (Å²) in [5, 5.41) is 0. The van der Waals surface area contributed by atoms with E-state index in [1.165, 1.54) is 12.0 Å². The fraction of sp³-hybridized carbons (Fsp3) is 0.818. The molecule has 0 saturated carbocycles. The first-order valence-corrected chi connectivity index (χ1v) is 5.37. The molecule has 0 aromatic heterocycles. The van der Waals surface area contributed by atoms with E-state index in [1.807, 2.05) is 20.8 Å². The van der Waals surface area contributed by atoms with Crippen molar-refractivity contribution < 1.29 is 19.1 Å².